The maximum absolute atomic E-state index is 14.6. The van der Waals surface area contributed by atoms with Crippen LogP contribution in [0, 0.1) is 11.7 Å². The maximum Gasteiger partial charge on any atom is 0.338 e. The SMILES string of the molecule is COc1cc(C2C(C(=O)OCC(C)C)=C(C)N=c3sc(=Cc4c(F)cccc4Cl)c(=O)n32)ccc1OCc1ccccc1. The van der Waals surface area contributed by atoms with Gasteiger partial charge >= 0.3 is 5.97 Å². The highest BCUT2D eigenvalue weighted by molar-refractivity contribution is 7.07. The smallest absolute Gasteiger partial charge is 0.338 e. The van der Waals surface area contributed by atoms with Crippen LogP contribution in [0.3, 0.4) is 0 Å². The van der Waals surface area contributed by atoms with Gasteiger partial charge in [0.1, 0.15) is 12.4 Å². The molecule has 0 N–H and O–H groups in total. The first-order chi connectivity index (χ1) is 20.7. The van der Waals surface area contributed by atoms with Crippen LogP contribution < -0.4 is 24.4 Å². The number of benzene rings is 3. The van der Waals surface area contributed by atoms with Crippen molar-refractivity contribution in [1.82, 2.24) is 4.57 Å². The van der Waals surface area contributed by atoms with Crippen LogP contribution in [0.15, 0.2) is 87.8 Å². The zero-order valence-corrected chi connectivity index (χ0v) is 25.7. The first kappa shape index (κ1) is 30.3. The van der Waals surface area contributed by atoms with E-state index in [1.807, 2.05) is 44.2 Å². The number of ether oxygens (including phenoxy) is 3. The molecule has 10 heteroatoms. The van der Waals surface area contributed by atoms with E-state index in [-0.39, 0.29) is 33.2 Å². The Morgan fingerprint density at radius 1 is 1.12 bits per heavy atom. The summed E-state index contributed by atoms with van der Waals surface area (Å²) in [6, 6.07) is 18.4. The van der Waals surface area contributed by atoms with E-state index in [4.69, 9.17) is 25.8 Å². The number of halogens is 2. The van der Waals surface area contributed by atoms with Gasteiger partial charge in [-0.2, -0.15) is 0 Å². The lowest BCUT2D eigenvalue weighted by atomic mass is 9.95. The van der Waals surface area contributed by atoms with Gasteiger partial charge in [0.2, 0.25) is 0 Å². The second-order valence-electron chi connectivity index (χ2n) is 10.4. The Hall–Kier alpha value is -4.21. The Morgan fingerprint density at radius 2 is 1.88 bits per heavy atom. The molecular weight excluding hydrogens is 591 g/mol. The van der Waals surface area contributed by atoms with E-state index in [0.717, 1.165) is 16.9 Å². The van der Waals surface area contributed by atoms with Crippen LogP contribution in [-0.2, 0) is 16.1 Å². The topological polar surface area (TPSA) is 79.1 Å². The van der Waals surface area contributed by atoms with Crippen molar-refractivity contribution in [3.05, 3.63) is 125 Å². The van der Waals surface area contributed by atoms with Crippen LogP contribution in [0.4, 0.5) is 4.39 Å². The number of hydrogen-bond acceptors (Lipinski definition) is 7. The molecule has 3 aromatic carbocycles. The van der Waals surface area contributed by atoms with Crippen molar-refractivity contribution < 1.29 is 23.4 Å². The molecule has 1 aliphatic rings. The van der Waals surface area contributed by atoms with Crippen molar-refractivity contribution in [2.45, 2.75) is 33.4 Å². The maximum atomic E-state index is 14.6. The Labute approximate surface area is 257 Å². The molecule has 0 spiro atoms. The quantitative estimate of drug-likeness (QED) is 0.221. The largest absolute Gasteiger partial charge is 0.493 e. The average molecular weight is 621 g/mol. The van der Waals surface area contributed by atoms with E-state index in [0.29, 0.717) is 34.2 Å². The van der Waals surface area contributed by atoms with Crippen LogP contribution in [0.25, 0.3) is 6.08 Å². The summed E-state index contributed by atoms with van der Waals surface area (Å²) in [5.41, 5.74) is 1.87. The lowest BCUT2D eigenvalue weighted by Gasteiger charge is -2.25. The number of fused-ring (bicyclic) bond motifs is 1. The van der Waals surface area contributed by atoms with Crippen molar-refractivity contribution in [1.29, 1.82) is 0 Å². The molecule has 7 nitrogen and oxygen atoms in total. The van der Waals surface area contributed by atoms with E-state index < -0.39 is 23.4 Å². The molecule has 1 aromatic heterocycles. The van der Waals surface area contributed by atoms with Crippen molar-refractivity contribution >= 4 is 35.0 Å². The number of carbonyl (C=O) groups excluding carboxylic acids is 1. The van der Waals surface area contributed by atoms with E-state index in [9.17, 15) is 14.0 Å². The second kappa shape index (κ2) is 13.0. The van der Waals surface area contributed by atoms with Crippen LogP contribution >= 0.6 is 22.9 Å². The van der Waals surface area contributed by atoms with Crippen LogP contribution in [0.1, 0.15) is 43.5 Å². The molecule has 1 aliphatic heterocycles. The van der Waals surface area contributed by atoms with E-state index >= 15 is 0 Å². The molecule has 0 amide bonds. The van der Waals surface area contributed by atoms with Crippen LogP contribution in [0.5, 0.6) is 11.5 Å². The zero-order valence-electron chi connectivity index (χ0n) is 24.1. The molecule has 222 valence electrons. The molecule has 0 saturated carbocycles. The van der Waals surface area contributed by atoms with Crippen molar-refractivity contribution in [3.8, 4) is 11.5 Å². The number of hydrogen-bond donors (Lipinski definition) is 0. The molecule has 0 saturated heterocycles. The molecule has 2 heterocycles. The predicted octanol–water partition coefficient (Wildman–Crippen LogP) is 5.81. The van der Waals surface area contributed by atoms with Crippen molar-refractivity contribution in [3.63, 3.8) is 0 Å². The summed E-state index contributed by atoms with van der Waals surface area (Å²) >= 11 is 7.34. The van der Waals surface area contributed by atoms with E-state index in [1.165, 1.54) is 29.9 Å². The molecule has 1 unspecified atom stereocenters. The Morgan fingerprint density at radius 3 is 2.58 bits per heavy atom. The summed E-state index contributed by atoms with van der Waals surface area (Å²) in [6.45, 7) is 6.12. The first-order valence-corrected chi connectivity index (χ1v) is 14.9. The summed E-state index contributed by atoms with van der Waals surface area (Å²) < 4.78 is 33.6. The molecule has 4 aromatic rings. The molecule has 0 fully saturated rings. The average Bonchev–Trinajstić information content (AvgIpc) is 3.30. The number of esters is 1. The van der Waals surface area contributed by atoms with E-state index in [1.54, 1.807) is 31.2 Å². The minimum Gasteiger partial charge on any atom is -0.493 e. The fourth-order valence-corrected chi connectivity index (χ4v) is 5.95. The zero-order chi connectivity index (χ0) is 30.7. The van der Waals surface area contributed by atoms with Gasteiger partial charge in [-0.05, 0) is 54.3 Å². The molecule has 5 rings (SSSR count). The Balaban J connectivity index is 1.63. The molecule has 0 aliphatic carbocycles. The molecule has 43 heavy (non-hydrogen) atoms. The number of allylic oxidation sites excluding steroid dienone is 1. The lowest BCUT2D eigenvalue weighted by Crippen LogP contribution is -2.40. The summed E-state index contributed by atoms with van der Waals surface area (Å²) in [4.78, 5) is 32.4. The highest BCUT2D eigenvalue weighted by Crippen LogP contribution is 2.36. The number of thiazole rings is 1. The second-order valence-corrected chi connectivity index (χ2v) is 11.8. The highest BCUT2D eigenvalue weighted by atomic mass is 35.5. The minimum atomic E-state index is -0.883. The summed E-state index contributed by atoms with van der Waals surface area (Å²) in [7, 11) is 1.52. The number of nitrogens with zero attached hydrogens (tertiary/aromatic N) is 2. The van der Waals surface area contributed by atoms with Gasteiger partial charge in [0, 0.05) is 5.56 Å². The van der Waals surface area contributed by atoms with Crippen LogP contribution in [-0.4, -0.2) is 24.3 Å². The van der Waals surface area contributed by atoms with Crippen LogP contribution in [0.2, 0.25) is 5.02 Å². The van der Waals surface area contributed by atoms with Gasteiger partial charge < -0.3 is 14.2 Å². The monoisotopic (exact) mass is 620 g/mol. The van der Waals surface area contributed by atoms with Crippen molar-refractivity contribution in [2.24, 2.45) is 10.9 Å². The standard InChI is InChI=1S/C33H30ClFN2O5S/c1-19(2)17-42-32(39)29-20(3)36-33-37(31(38)28(43-33)16-23-24(34)11-8-12-25(23)35)30(29)22-13-14-26(27(15-22)40-4)41-18-21-9-6-5-7-10-21/h5-16,19,30H,17-18H2,1-4H3. The third-order valence-corrected chi connectivity index (χ3v) is 8.12. The van der Waals surface area contributed by atoms with Gasteiger partial charge in [0.15, 0.2) is 16.3 Å². The summed E-state index contributed by atoms with van der Waals surface area (Å²) in [5.74, 6) is -0.0923. The van der Waals surface area contributed by atoms with E-state index in [2.05, 4.69) is 4.99 Å². The van der Waals surface area contributed by atoms with Gasteiger partial charge in [-0.25, -0.2) is 14.2 Å². The van der Waals surface area contributed by atoms with Gasteiger partial charge in [-0.1, -0.05) is 79.2 Å². The predicted molar refractivity (Wildman–Crippen MR) is 165 cm³/mol. The van der Waals surface area contributed by atoms with Gasteiger partial charge in [0.25, 0.3) is 5.56 Å². The lowest BCUT2D eigenvalue weighted by molar-refractivity contribution is -0.140. The van der Waals surface area contributed by atoms with Crippen molar-refractivity contribution in [2.75, 3.05) is 13.7 Å². The molecule has 0 bridgehead atoms. The fourth-order valence-electron chi connectivity index (χ4n) is 4.71. The summed E-state index contributed by atoms with van der Waals surface area (Å²) in [5, 5.41) is 0.173. The first-order valence-electron chi connectivity index (χ1n) is 13.7. The number of aromatic nitrogens is 1. The number of rotatable bonds is 9. The third kappa shape index (κ3) is 6.43. The minimum absolute atomic E-state index is 0.0971. The Bertz CT molecular complexity index is 1860. The molecule has 0 radical (unpaired) electrons. The Kier molecular flexibility index (Phi) is 9.13. The third-order valence-electron chi connectivity index (χ3n) is 6.81. The van der Waals surface area contributed by atoms with Gasteiger partial charge in [-0.3, -0.25) is 9.36 Å². The number of methoxy groups -OCH3 is 1. The summed E-state index contributed by atoms with van der Waals surface area (Å²) in [6.07, 6.45) is 1.41. The fraction of sp³-hybridized carbons (Fsp3) is 0.242. The molecule has 1 atom stereocenters. The van der Waals surface area contributed by atoms with Gasteiger partial charge in [-0.15, -0.1) is 0 Å². The molecular formula is C33H30ClFN2O5S. The highest BCUT2D eigenvalue weighted by Gasteiger charge is 2.34. The van der Waals surface area contributed by atoms with Gasteiger partial charge in [0.05, 0.1) is 40.6 Å². The normalized spacial score (nSPS) is 14.9. The number of carbonyl (C=O) groups is 1.